The summed E-state index contributed by atoms with van der Waals surface area (Å²) in [7, 11) is 0. The molecule has 2 aliphatic carbocycles. The Morgan fingerprint density at radius 2 is 1.15 bits per heavy atom. The van der Waals surface area contributed by atoms with Gasteiger partial charge in [0.25, 0.3) is 0 Å². The van der Waals surface area contributed by atoms with E-state index in [0.717, 1.165) is 24.0 Å². The van der Waals surface area contributed by atoms with E-state index in [1.807, 2.05) is 0 Å². The summed E-state index contributed by atoms with van der Waals surface area (Å²) >= 11 is -4.96. The van der Waals surface area contributed by atoms with E-state index in [9.17, 15) is 14.4 Å². The molecule has 2 aliphatic rings. The quantitative estimate of drug-likeness (QED) is 0.381. The first-order chi connectivity index (χ1) is 15.2. The fourth-order valence-corrected chi connectivity index (χ4v) is 9.78. The Labute approximate surface area is 210 Å². The Hall–Kier alpha value is -1.40. The van der Waals surface area contributed by atoms with Gasteiger partial charge in [0, 0.05) is 0 Å². The van der Waals surface area contributed by atoms with Crippen LogP contribution in [0.2, 0.25) is 4.22 Å². The second-order valence-electron chi connectivity index (χ2n) is 12.9. The first-order valence-electron chi connectivity index (χ1n) is 12.3. The molecule has 0 heterocycles. The van der Waals surface area contributed by atoms with Crippen molar-refractivity contribution < 1.29 is 42.1 Å². The third-order valence-corrected chi connectivity index (χ3v) is 11.2. The van der Waals surface area contributed by atoms with Crippen LogP contribution in [0.5, 0.6) is 0 Å². The van der Waals surface area contributed by atoms with Crippen LogP contribution in [0.4, 0.5) is 0 Å². The molecule has 0 radical (unpaired) electrons. The Kier molecular flexibility index (Phi) is 8.12. The van der Waals surface area contributed by atoms with Gasteiger partial charge in [0.2, 0.25) is 0 Å². The number of rotatable bonds is 4. The second-order valence-corrected chi connectivity index (χ2v) is 16.9. The summed E-state index contributed by atoms with van der Waals surface area (Å²) in [5.74, 6) is -1.29. The zero-order valence-corrected chi connectivity index (χ0v) is 24.8. The molecule has 0 fully saturated rings. The number of carbonyl (C=O) groups is 3. The van der Waals surface area contributed by atoms with E-state index in [2.05, 4.69) is 20.8 Å². The average molecular weight is 513 g/mol. The van der Waals surface area contributed by atoms with Gasteiger partial charge in [0.1, 0.15) is 0 Å². The van der Waals surface area contributed by atoms with E-state index in [1.54, 1.807) is 62.3 Å². The second kappa shape index (κ2) is 9.57. The average Bonchev–Trinajstić information content (AvgIpc) is 2.89. The molecule has 0 aromatic heterocycles. The fraction of sp³-hybridized carbons (Fsp3) is 0.741. The summed E-state index contributed by atoms with van der Waals surface area (Å²) in [5.41, 5.74) is 2.19. The van der Waals surface area contributed by atoms with Gasteiger partial charge in [0.05, 0.1) is 0 Å². The van der Waals surface area contributed by atoms with Crippen LogP contribution < -0.4 is 0 Å². The van der Waals surface area contributed by atoms with Crippen molar-refractivity contribution >= 4 is 17.9 Å². The van der Waals surface area contributed by atoms with Crippen molar-refractivity contribution in [1.29, 1.82) is 0 Å². The molecular formula is C27H44O6Ti. The molecule has 0 aromatic carbocycles. The number of hydrogen-bond donors (Lipinski definition) is 0. The number of allylic oxidation sites excluding steroid dienone is 4. The van der Waals surface area contributed by atoms with Gasteiger partial charge in [-0.2, -0.15) is 0 Å². The Morgan fingerprint density at radius 3 is 1.50 bits per heavy atom. The number of hydrogen-bond acceptors (Lipinski definition) is 6. The molecule has 0 saturated carbocycles. The summed E-state index contributed by atoms with van der Waals surface area (Å²) < 4.78 is 18.2. The van der Waals surface area contributed by atoms with Crippen molar-refractivity contribution in [3.8, 4) is 0 Å². The Balaban J connectivity index is 2.78. The van der Waals surface area contributed by atoms with Gasteiger partial charge in [-0.3, -0.25) is 0 Å². The van der Waals surface area contributed by atoms with Crippen molar-refractivity contribution in [3.63, 3.8) is 0 Å². The third kappa shape index (κ3) is 5.87. The van der Waals surface area contributed by atoms with Gasteiger partial charge in [-0.15, -0.1) is 0 Å². The van der Waals surface area contributed by atoms with Crippen molar-refractivity contribution in [1.82, 2.24) is 0 Å². The zero-order valence-electron chi connectivity index (χ0n) is 23.2. The molecule has 2 rings (SSSR count). The van der Waals surface area contributed by atoms with Crippen LogP contribution in [0, 0.1) is 22.2 Å². The third-order valence-electron chi connectivity index (χ3n) is 6.77. The fourth-order valence-electron chi connectivity index (χ4n) is 4.23. The molecule has 0 saturated heterocycles. The van der Waals surface area contributed by atoms with Gasteiger partial charge in [0.15, 0.2) is 0 Å². The Bertz CT molecular complexity index is 851. The molecule has 7 heteroatoms. The van der Waals surface area contributed by atoms with E-state index in [0.29, 0.717) is 6.42 Å². The molecule has 2 unspecified atom stereocenters. The molecular weight excluding hydrogens is 468 g/mol. The molecule has 0 spiro atoms. The summed E-state index contributed by atoms with van der Waals surface area (Å²) in [5, 5.41) is 0. The molecule has 2 atom stereocenters. The van der Waals surface area contributed by atoms with E-state index in [4.69, 9.17) is 9.96 Å². The predicted molar refractivity (Wildman–Crippen MR) is 129 cm³/mol. The topological polar surface area (TPSA) is 78.9 Å². The van der Waals surface area contributed by atoms with E-state index >= 15 is 0 Å². The van der Waals surface area contributed by atoms with Crippen molar-refractivity contribution in [2.24, 2.45) is 22.2 Å². The summed E-state index contributed by atoms with van der Waals surface area (Å²) in [4.78, 5) is 39.9. The molecule has 0 amide bonds. The van der Waals surface area contributed by atoms with E-state index in [-0.39, 0.29) is 5.92 Å². The van der Waals surface area contributed by atoms with E-state index < -0.39 is 56.1 Å². The predicted octanol–water partition coefficient (Wildman–Crippen LogP) is 6.91. The Morgan fingerprint density at radius 1 is 0.765 bits per heavy atom. The van der Waals surface area contributed by atoms with Crippen LogP contribution in [0.1, 0.15) is 102 Å². The van der Waals surface area contributed by atoms with Crippen LogP contribution in [0.15, 0.2) is 22.3 Å². The molecule has 6 nitrogen and oxygen atoms in total. The molecule has 0 bridgehead atoms. The molecule has 34 heavy (non-hydrogen) atoms. The van der Waals surface area contributed by atoms with Gasteiger partial charge in [-0.05, 0) is 0 Å². The monoisotopic (exact) mass is 512 g/mol. The maximum atomic E-state index is 13.3. The first-order valence-corrected chi connectivity index (χ1v) is 15.1. The van der Waals surface area contributed by atoms with E-state index in [1.165, 1.54) is 11.1 Å². The van der Waals surface area contributed by atoms with Crippen LogP contribution >= 0.6 is 0 Å². The molecule has 0 aromatic rings. The normalized spacial score (nSPS) is 21.9. The van der Waals surface area contributed by atoms with Crippen LogP contribution in [0.3, 0.4) is 0 Å². The summed E-state index contributed by atoms with van der Waals surface area (Å²) in [6, 6.07) is 0. The van der Waals surface area contributed by atoms with Gasteiger partial charge < -0.3 is 0 Å². The molecule has 0 N–H and O–H groups in total. The first kappa shape index (κ1) is 28.8. The maximum absolute atomic E-state index is 13.3. The van der Waals surface area contributed by atoms with Crippen molar-refractivity contribution in [2.75, 3.05) is 0 Å². The summed E-state index contributed by atoms with van der Waals surface area (Å²) in [6.45, 7) is 22.1. The summed E-state index contributed by atoms with van der Waals surface area (Å²) in [6.07, 6.45) is 2.44. The zero-order chi connectivity index (χ0) is 26.4. The van der Waals surface area contributed by atoms with Crippen LogP contribution in [-0.4, -0.2) is 17.9 Å². The number of carbonyl (C=O) groups excluding carboxylic acids is 3. The van der Waals surface area contributed by atoms with Gasteiger partial charge in [-0.1, -0.05) is 0 Å². The van der Waals surface area contributed by atoms with Crippen LogP contribution in [-0.2, 0) is 42.1 Å². The molecule has 0 aliphatic heterocycles. The van der Waals surface area contributed by atoms with Gasteiger partial charge in [-0.25, -0.2) is 0 Å². The van der Waals surface area contributed by atoms with Crippen molar-refractivity contribution in [3.05, 3.63) is 22.3 Å². The van der Waals surface area contributed by atoms with Gasteiger partial charge >= 0.3 is 211 Å². The minimum atomic E-state index is -4.96. The van der Waals surface area contributed by atoms with Crippen LogP contribution in [0.25, 0.3) is 0 Å². The standard InChI is InChI=1S/C12H17.3C5H10O2.Ti/c1-8-9(2)11-6-4-5-7-12(11)10(8)3;3*1-5(2,3)4(6)7;/h6,10H,4-5,7H2,1-3H3;3*1-3H3,(H,6,7);/q;;;;+3/p-3. The SMILES string of the molecule is CC1=C(C)C(C)C2=C1[CH]([Ti]([O]C(=O)C(C)(C)C)([O]C(=O)C(C)(C)C)[O]C(=O)C(C)(C)C)CCC2. The minimum absolute atomic E-state index is 0.271. The molecule has 192 valence electrons. The van der Waals surface area contributed by atoms with Crippen molar-refractivity contribution in [2.45, 2.75) is 107 Å².